The highest BCUT2D eigenvalue weighted by Gasteiger charge is 2.37. The third-order valence-corrected chi connectivity index (χ3v) is 10.3. The average Bonchev–Trinajstić information content (AvgIpc) is 3.51. The van der Waals surface area contributed by atoms with Crippen molar-refractivity contribution >= 4 is 45.9 Å². The van der Waals surface area contributed by atoms with Gasteiger partial charge in [0.25, 0.3) is 5.91 Å². The lowest BCUT2D eigenvalue weighted by molar-refractivity contribution is -0.138. The molecule has 0 spiro atoms. The van der Waals surface area contributed by atoms with Crippen LogP contribution in [0.4, 0.5) is 18.9 Å². The molecule has 51 heavy (non-hydrogen) atoms. The molecule has 1 saturated heterocycles. The summed E-state index contributed by atoms with van der Waals surface area (Å²) < 4.78 is 40.6. The molecule has 0 radical (unpaired) electrons. The molecule has 0 unspecified atom stereocenters. The number of nitrogens with zero attached hydrogens (tertiary/aromatic N) is 3. The zero-order chi connectivity index (χ0) is 36.3. The summed E-state index contributed by atoms with van der Waals surface area (Å²) >= 11 is 6.38. The Morgan fingerprint density at radius 2 is 1.73 bits per heavy atom. The number of carbonyl (C=O) groups is 3. The molecule has 8 nitrogen and oxygen atoms in total. The number of alkyl halides is 3. The first-order valence-electron chi connectivity index (χ1n) is 17.4. The largest absolute Gasteiger partial charge is 0.417 e. The van der Waals surface area contributed by atoms with E-state index in [9.17, 15) is 27.6 Å². The fraction of sp³-hybridized carbons (Fsp3) is 0.410. The Balaban J connectivity index is 1.14. The molecule has 0 aliphatic carbocycles. The highest BCUT2D eigenvalue weighted by molar-refractivity contribution is 6.30. The number of aromatic nitrogens is 1. The Hall–Kier alpha value is -4.35. The Morgan fingerprint density at radius 1 is 1.00 bits per heavy atom. The van der Waals surface area contributed by atoms with Gasteiger partial charge in [0.2, 0.25) is 11.8 Å². The summed E-state index contributed by atoms with van der Waals surface area (Å²) in [6.07, 6.45) is 0.224. The Labute approximate surface area is 300 Å². The lowest BCUT2D eigenvalue weighted by atomic mass is 9.90. The monoisotopic (exact) mass is 721 g/mol. The molecule has 4 aromatic rings. The van der Waals surface area contributed by atoms with E-state index in [1.165, 1.54) is 23.1 Å². The second kappa shape index (κ2) is 15.5. The van der Waals surface area contributed by atoms with Crippen molar-refractivity contribution in [3.63, 3.8) is 0 Å². The number of carbonyl (C=O) groups excluding carboxylic acids is 3. The van der Waals surface area contributed by atoms with E-state index < -0.39 is 23.7 Å². The first-order valence-corrected chi connectivity index (χ1v) is 17.8. The molecule has 0 bridgehead atoms. The smallest absolute Gasteiger partial charge is 0.361 e. The van der Waals surface area contributed by atoms with Crippen molar-refractivity contribution in [2.75, 3.05) is 45.2 Å². The number of hydrogen-bond acceptors (Lipinski definition) is 4. The van der Waals surface area contributed by atoms with Crippen LogP contribution in [0.2, 0.25) is 5.02 Å². The van der Waals surface area contributed by atoms with Crippen molar-refractivity contribution in [2.24, 2.45) is 11.8 Å². The summed E-state index contributed by atoms with van der Waals surface area (Å²) in [7, 11) is 4.02. The summed E-state index contributed by atoms with van der Waals surface area (Å²) in [6, 6.07) is 17.5. The normalized spacial score (nSPS) is 17.4. The van der Waals surface area contributed by atoms with Crippen LogP contribution in [0.15, 0.2) is 72.9 Å². The van der Waals surface area contributed by atoms with Gasteiger partial charge in [-0.2, -0.15) is 13.2 Å². The topological polar surface area (TPSA) is 88.8 Å². The number of para-hydroxylation sites is 1. The Kier molecular flexibility index (Phi) is 11.1. The molecule has 1 fully saturated rings. The fourth-order valence-corrected chi connectivity index (χ4v) is 7.78. The van der Waals surface area contributed by atoms with Crippen LogP contribution in [-0.4, -0.2) is 78.8 Å². The molecule has 12 heteroatoms. The SMILES string of the molecule is CN(C)C[C@H]1Cc2cc(Cl)ccc2N(C(=O)[C@@H](Cc2c[nH]c3ccccc23)NC(=O)CCC2CCN(C(=O)c3ccccc3C(F)(F)F)CC2)C1. The predicted octanol–water partition coefficient (Wildman–Crippen LogP) is 6.97. The predicted molar refractivity (Wildman–Crippen MR) is 193 cm³/mol. The summed E-state index contributed by atoms with van der Waals surface area (Å²) in [5.74, 6) is -0.771. The number of hydrogen-bond donors (Lipinski definition) is 2. The number of halogens is 4. The number of anilines is 1. The Bertz CT molecular complexity index is 1890. The summed E-state index contributed by atoms with van der Waals surface area (Å²) in [5.41, 5.74) is 2.39. The highest BCUT2D eigenvalue weighted by atomic mass is 35.5. The van der Waals surface area contributed by atoms with E-state index in [1.807, 2.05) is 56.7 Å². The number of aromatic amines is 1. The van der Waals surface area contributed by atoms with Gasteiger partial charge >= 0.3 is 6.18 Å². The van der Waals surface area contributed by atoms with E-state index in [0.717, 1.165) is 46.7 Å². The van der Waals surface area contributed by atoms with E-state index in [-0.39, 0.29) is 35.6 Å². The molecule has 6 rings (SSSR count). The minimum absolute atomic E-state index is 0.117. The maximum absolute atomic E-state index is 14.5. The van der Waals surface area contributed by atoms with Crippen LogP contribution in [0.25, 0.3) is 10.9 Å². The number of likely N-dealkylation sites (tertiary alicyclic amines) is 1. The van der Waals surface area contributed by atoms with Gasteiger partial charge in [-0.3, -0.25) is 14.4 Å². The van der Waals surface area contributed by atoms with Gasteiger partial charge in [-0.15, -0.1) is 0 Å². The van der Waals surface area contributed by atoms with Gasteiger partial charge in [0.1, 0.15) is 6.04 Å². The van der Waals surface area contributed by atoms with E-state index >= 15 is 0 Å². The van der Waals surface area contributed by atoms with Gasteiger partial charge in [0.15, 0.2) is 0 Å². The lowest BCUT2D eigenvalue weighted by Crippen LogP contribution is -2.53. The van der Waals surface area contributed by atoms with Crippen molar-refractivity contribution in [1.29, 1.82) is 0 Å². The zero-order valence-corrected chi connectivity index (χ0v) is 29.6. The van der Waals surface area contributed by atoms with E-state index in [1.54, 1.807) is 11.0 Å². The van der Waals surface area contributed by atoms with Crippen LogP contribution in [0.3, 0.4) is 0 Å². The van der Waals surface area contributed by atoms with Crippen molar-refractivity contribution in [3.8, 4) is 0 Å². The first kappa shape index (κ1) is 36.4. The minimum Gasteiger partial charge on any atom is -0.361 e. The maximum atomic E-state index is 14.5. The number of piperidine rings is 1. The quantitative estimate of drug-likeness (QED) is 0.185. The third-order valence-electron chi connectivity index (χ3n) is 10.0. The minimum atomic E-state index is -4.62. The second-order valence-corrected chi connectivity index (χ2v) is 14.5. The molecule has 2 aliphatic heterocycles. The van der Waals surface area contributed by atoms with Crippen LogP contribution in [0.5, 0.6) is 0 Å². The van der Waals surface area contributed by atoms with Crippen LogP contribution < -0.4 is 10.2 Å². The molecule has 0 saturated carbocycles. The molecule has 3 amide bonds. The van der Waals surface area contributed by atoms with Crippen LogP contribution in [0.1, 0.15) is 52.7 Å². The number of rotatable bonds is 10. The molecule has 3 heterocycles. The highest BCUT2D eigenvalue weighted by Crippen LogP contribution is 2.35. The van der Waals surface area contributed by atoms with Gasteiger partial charge in [0.05, 0.1) is 11.1 Å². The van der Waals surface area contributed by atoms with E-state index in [4.69, 9.17) is 11.6 Å². The average molecular weight is 722 g/mol. The molecule has 2 atom stereocenters. The standard InChI is InChI=1S/C39H43ClF3N5O3/c1-46(2)23-26-19-27-20-29(40)12-13-35(27)48(24-26)38(51)34(21-28-22-44-33-10-6-4-7-30(28)33)45-36(49)14-11-25-15-17-47(18-16-25)37(50)31-8-3-5-9-32(31)39(41,42)43/h3-10,12-13,20,22,25-26,34,44H,11,14-19,21,23-24H2,1-2H3,(H,45,49)/t26-,34-/m1/s1. The van der Waals surface area contributed by atoms with Crippen LogP contribution >= 0.6 is 11.6 Å². The van der Waals surface area contributed by atoms with Gasteiger partial charge < -0.3 is 25.0 Å². The van der Waals surface area contributed by atoms with Gasteiger partial charge in [-0.05, 0) is 99.1 Å². The lowest BCUT2D eigenvalue weighted by Gasteiger charge is -2.37. The van der Waals surface area contributed by atoms with E-state index in [2.05, 4.69) is 15.2 Å². The molecule has 2 aliphatic rings. The third kappa shape index (κ3) is 8.59. The number of H-pyrrole nitrogens is 1. The van der Waals surface area contributed by atoms with Crippen molar-refractivity contribution in [1.82, 2.24) is 20.1 Å². The fourth-order valence-electron chi connectivity index (χ4n) is 7.58. The van der Waals surface area contributed by atoms with Crippen LogP contribution in [-0.2, 0) is 28.6 Å². The molecular weight excluding hydrogens is 679 g/mol. The van der Waals surface area contributed by atoms with Crippen LogP contribution in [0, 0.1) is 11.8 Å². The summed E-state index contributed by atoms with van der Waals surface area (Å²) in [6.45, 7) is 1.92. The Morgan fingerprint density at radius 3 is 2.47 bits per heavy atom. The maximum Gasteiger partial charge on any atom is 0.417 e. The molecular formula is C39H43ClF3N5O3. The summed E-state index contributed by atoms with van der Waals surface area (Å²) in [5, 5.41) is 4.67. The van der Waals surface area contributed by atoms with Gasteiger partial charge in [-0.1, -0.05) is 41.9 Å². The first-order chi connectivity index (χ1) is 24.4. The molecule has 1 aromatic heterocycles. The molecule has 270 valence electrons. The number of benzene rings is 3. The van der Waals surface area contributed by atoms with Gasteiger partial charge in [-0.25, -0.2) is 0 Å². The number of nitrogens with one attached hydrogen (secondary N) is 2. The van der Waals surface area contributed by atoms with Crippen molar-refractivity contribution in [3.05, 3.63) is 100 Å². The van der Waals surface area contributed by atoms with E-state index in [0.29, 0.717) is 50.3 Å². The molecule has 3 aromatic carbocycles. The summed E-state index contributed by atoms with van der Waals surface area (Å²) in [4.78, 5) is 49.8. The van der Waals surface area contributed by atoms with Gasteiger partial charge in [0, 0.05) is 66.8 Å². The van der Waals surface area contributed by atoms with Crippen molar-refractivity contribution in [2.45, 2.75) is 50.7 Å². The number of fused-ring (bicyclic) bond motifs is 2. The van der Waals surface area contributed by atoms with Crippen molar-refractivity contribution < 1.29 is 27.6 Å². The zero-order valence-electron chi connectivity index (χ0n) is 28.8. The number of amides is 3. The second-order valence-electron chi connectivity index (χ2n) is 14.1. The molecule has 2 N–H and O–H groups in total.